The number of carbonyl (C=O) groups excluding carboxylic acids is 2. The number of hydrogen-bond donors (Lipinski definition) is 1. The summed E-state index contributed by atoms with van der Waals surface area (Å²) in [5, 5.41) is 3.69. The first-order valence-electron chi connectivity index (χ1n) is 10.8. The van der Waals surface area contributed by atoms with Gasteiger partial charge in [-0.1, -0.05) is 6.92 Å². The Morgan fingerprint density at radius 1 is 1.21 bits per heavy atom. The maximum absolute atomic E-state index is 13.2. The highest BCUT2D eigenvalue weighted by Crippen LogP contribution is 2.31. The van der Waals surface area contributed by atoms with Gasteiger partial charge in [0.05, 0.1) is 13.0 Å². The van der Waals surface area contributed by atoms with Crippen LogP contribution in [0.15, 0.2) is 6.20 Å². The van der Waals surface area contributed by atoms with Crippen molar-refractivity contribution in [1.82, 2.24) is 14.8 Å². The van der Waals surface area contributed by atoms with Crippen LogP contribution in [0.2, 0.25) is 0 Å². The standard InChI is InChI=1S/C21H34N4O3S/c1-15-4-6-17(7-5-15)25(21(27)23-20-22-14-16(2)29-20)18-8-11-24(12-9-18)19(26)10-13-28-3/h14-15,17-18H,4-13H2,1-3H3,(H,22,23,27). The Kier molecular flexibility index (Phi) is 7.89. The van der Waals surface area contributed by atoms with E-state index in [2.05, 4.69) is 22.1 Å². The molecule has 7 nitrogen and oxygen atoms in total. The molecule has 2 aliphatic rings. The third kappa shape index (κ3) is 5.92. The number of nitrogens with zero attached hydrogens (tertiary/aromatic N) is 3. The van der Waals surface area contributed by atoms with E-state index in [-0.39, 0.29) is 24.0 Å². The molecule has 8 heteroatoms. The van der Waals surface area contributed by atoms with Gasteiger partial charge in [-0.3, -0.25) is 10.1 Å². The molecule has 2 heterocycles. The number of anilines is 1. The number of urea groups is 1. The van der Waals surface area contributed by atoms with Crippen molar-refractivity contribution in [2.45, 2.75) is 70.9 Å². The molecule has 0 aromatic carbocycles. The van der Waals surface area contributed by atoms with Crippen molar-refractivity contribution >= 4 is 28.4 Å². The molecule has 1 aromatic heterocycles. The molecule has 29 heavy (non-hydrogen) atoms. The van der Waals surface area contributed by atoms with Crippen LogP contribution in [-0.2, 0) is 9.53 Å². The third-order valence-electron chi connectivity index (χ3n) is 6.18. The quantitative estimate of drug-likeness (QED) is 0.755. The highest BCUT2D eigenvalue weighted by Gasteiger charge is 2.35. The first-order chi connectivity index (χ1) is 14.0. The minimum absolute atomic E-state index is 0.0388. The molecular weight excluding hydrogens is 388 g/mol. The summed E-state index contributed by atoms with van der Waals surface area (Å²) >= 11 is 1.50. The van der Waals surface area contributed by atoms with Gasteiger partial charge < -0.3 is 14.5 Å². The number of hydrogen-bond acceptors (Lipinski definition) is 5. The Hall–Kier alpha value is -1.67. The predicted octanol–water partition coefficient (Wildman–Crippen LogP) is 3.89. The molecule has 0 unspecified atom stereocenters. The molecule has 1 aliphatic carbocycles. The maximum Gasteiger partial charge on any atom is 0.324 e. The average Bonchev–Trinajstić information content (AvgIpc) is 3.13. The lowest BCUT2D eigenvalue weighted by Crippen LogP contribution is -2.54. The SMILES string of the molecule is COCCC(=O)N1CCC(N(C(=O)Nc2ncc(C)s2)C2CCC(C)CC2)CC1. The summed E-state index contributed by atoms with van der Waals surface area (Å²) < 4.78 is 5.03. The van der Waals surface area contributed by atoms with E-state index >= 15 is 0 Å². The average molecular weight is 423 g/mol. The molecule has 1 aromatic rings. The Morgan fingerprint density at radius 2 is 1.86 bits per heavy atom. The van der Waals surface area contributed by atoms with Gasteiger partial charge >= 0.3 is 6.03 Å². The summed E-state index contributed by atoms with van der Waals surface area (Å²) in [5.74, 6) is 0.879. The highest BCUT2D eigenvalue weighted by molar-refractivity contribution is 7.15. The fourth-order valence-corrected chi connectivity index (χ4v) is 5.11. The van der Waals surface area contributed by atoms with E-state index in [9.17, 15) is 9.59 Å². The first kappa shape index (κ1) is 22.0. The third-order valence-corrected chi connectivity index (χ3v) is 7.01. The number of aromatic nitrogens is 1. The molecule has 1 N–H and O–H groups in total. The molecule has 0 radical (unpaired) electrons. The maximum atomic E-state index is 13.2. The van der Waals surface area contributed by atoms with Gasteiger partial charge in [-0.05, 0) is 51.4 Å². The molecule has 0 atom stereocenters. The van der Waals surface area contributed by atoms with Crippen molar-refractivity contribution in [3.63, 3.8) is 0 Å². The molecule has 2 fully saturated rings. The number of thiazole rings is 1. The van der Waals surface area contributed by atoms with Crippen LogP contribution < -0.4 is 5.32 Å². The zero-order chi connectivity index (χ0) is 20.8. The molecular formula is C21H34N4O3S. The van der Waals surface area contributed by atoms with Crippen LogP contribution in [0, 0.1) is 12.8 Å². The summed E-state index contributed by atoms with van der Waals surface area (Å²) in [6.45, 7) is 6.15. The molecule has 0 spiro atoms. The summed E-state index contributed by atoms with van der Waals surface area (Å²) in [5.41, 5.74) is 0. The number of rotatable bonds is 6. The Morgan fingerprint density at radius 3 is 2.45 bits per heavy atom. The number of methoxy groups -OCH3 is 1. The summed E-state index contributed by atoms with van der Waals surface area (Å²) in [6.07, 6.45) is 8.31. The first-order valence-corrected chi connectivity index (χ1v) is 11.6. The van der Waals surface area contributed by atoms with Crippen LogP contribution in [-0.4, -0.2) is 65.6 Å². The Balaban J connectivity index is 1.65. The van der Waals surface area contributed by atoms with E-state index < -0.39 is 0 Å². The van der Waals surface area contributed by atoms with Gasteiger partial charge in [0.25, 0.3) is 0 Å². The zero-order valence-electron chi connectivity index (χ0n) is 17.9. The normalized spacial score (nSPS) is 23.1. The molecule has 1 aliphatic heterocycles. The van der Waals surface area contributed by atoms with Gasteiger partial charge in [0.2, 0.25) is 5.91 Å². The van der Waals surface area contributed by atoms with Crippen LogP contribution in [0.25, 0.3) is 0 Å². The fourth-order valence-electron chi connectivity index (χ4n) is 4.46. The van der Waals surface area contributed by atoms with E-state index in [4.69, 9.17) is 4.74 Å². The predicted molar refractivity (Wildman–Crippen MR) is 115 cm³/mol. The lowest BCUT2D eigenvalue weighted by Gasteiger charge is -2.44. The second kappa shape index (κ2) is 10.4. The van der Waals surface area contributed by atoms with E-state index in [0.717, 1.165) is 36.5 Å². The fraction of sp³-hybridized carbons (Fsp3) is 0.762. The van der Waals surface area contributed by atoms with Gasteiger partial charge in [0.15, 0.2) is 5.13 Å². The van der Waals surface area contributed by atoms with Crippen molar-refractivity contribution in [1.29, 1.82) is 0 Å². The summed E-state index contributed by atoms with van der Waals surface area (Å²) in [4.78, 5) is 34.9. The highest BCUT2D eigenvalue weighted by atomic mass is 32.1. The Labute approximate surface area is 177 Å². The topological polar surface area (TPSA) is 74.8 Å². The molecule has 3 amide bonds. The number of ether oxygens (including phenoxy) is 1. The number of likely N-dealkylation sites (tertiary alicyclic amines) is 1. The van der Waals surface area contributed by atoms with Gasteiger partial charge in [-0.15, -0.1) is 11.3 Å². The van der Waals surface area contributed by atoms with E-state index in [1.807, 2.05) is 11.8 Å². The second-order valence-corrected chi connectivity index (χ2v) is 9.62. The second-order valence-electron chi connectivity index (χ2n) is 8.38. The zero-order valence-corrected chi connectivity index (χ0v) is 18.7. The van der Waals surface area contributed by atoms with Gasteiger partial charge in [0.1, 0.15) is 0 Å². The van der Waals surface area contributed by atoms with Crippen LogP contribution in [0.3, 0.4) is 0 Å². The number of aryl methyl sites for hydroxylation is 1. The van der Waals surface area contributed by atoms with Crippen molar-refractivity contribution in [3.8, 4) is 0 Å². The molecule has 162 valence electrons. The van der Waals surface area contributed by atoms with Gasteiger partial charge in [-0.25, -0.2) is 9.78 Å². The minimum atomic E-state index is -0.0388. The molecule has 0 bridgehead atoms. The largest absolute Gasteiger partial charge is 0.384 e. The van der Waals surface area contributed by atoms with Crippen molar-refractivity contribution in [2.24, 2.45) is 5.92 Å². The summed E-state index contributed by atoms with van der Waals surface area (Å²) in [6, 6.07) is 0.400. The number of nitrogens with one attached hydrogen (secondary N) is 1. The Bertz CT molecular complexity index is 679. The van der Waals surface area contributed by atoms with Crippen LogP contribution in [0.1, 0.15) is 56.7 Å². The van der Waals surface area contributed by atoms with E-state index in [1.54, 1.807) is 13.3 Å². The van der Waals surface area contributed by atoms with Crippen molar-refractivity contribution in [3.05, 3.63) is 11.1 Å². The molecule has 1 saturated heterocycles. The van der Waals surface area contributed by atoms with Crippen molar-refractivity contribution in [2.75, 3.05) is 32.1 Å². The van der Waals surface area contributed by atoms with E-state index in [1.165, 1.54) is 24.2 Å². The smallest absolute Gasteiger partial charge is 0.324 e. The van der Waals surface area contributed by atoms with Gasteiger partial charge in [-0.2, -0.15) is 0 Å². The van der Waals surface area contributed by atoms with E-state index in [0.29, 0.717) is 31.2 Å². The molecule has 3 rings (SSSR count). The minimum Gasteiger partial charge on any atom is -0.384 e. The van der Waals surface area contributed by atoms with Crippen molar-refractivity contribution < 1.29 is 14.3 Å². The van der Waals surface area contributed by atoms with Crippen LogP contribution >= 0.6 is 11.3 Å². The van der Waals surface area contributed by atoms with Crippen LogP contribution in [0.4, 0.5) is 9.93 Å². The number of amides is 3. The lowest BCUT2D eigenvalue weighted by atomic mass is 9.85. The van der Waals surface area contributed by atoms with Gasteiger partial charge in [0, 0.05) is 43.4 Å². The monoisotopic (exact) mass is 422 g/mol. The lowest BCUT2D eigenvalue weighted by molar-refractivity contribution is -0.133. The van der Waals surface area contributed by atoms with Crippen LogP contribution in [0.5, 0.6) is 0 Å². The number of carbonyl (C=O) groups is 2. The summed E-state index contributed by atoms with van der Waals surface area (Å²) in [7, 11) is 1.62. The number of piperidine rings is 1. The molecule has 1 saturated carbocycles.